The Morgan fingerprint density at radius 2 is 1.00 bits per heavy atom. The van der Waals surface area contributed by atoms with Gasteiger partial charge in [-0.2, -0.15) is 0 Å². The molecule has 1 fully saturated rings. The van der Waals surface area contributed by atoms with Crippen molar-refractivity contribution in [1.82, 2.24) is 5.32 Å². The predicted molar refractivity (Wildman–Crippen MR) is 68.5 cm³/mol. The molecule has 1 saturated carbocycles. The molecule has 0 bridgehead atoms. The molecule has 14 heavy (non-hydrogen) atoms. The molecule has 0 spiro atoms. The smallest absolute Gasteiger partial charge is 0.0967 e. The van der Waals surface area contributed by atoms with Crippen LogP contribution in [0.2, 0.25) is 0 Å². The lowest BCUT2D eigenvalue weighted by molar-refractivity contribution is 0.504. The number of hydrogen-bond donors (Lipinski definition) is 1. The van der Waals surface area contributed by atoms with Gasteiger partial charge >= 0.3 is 0 Å². The first kappa shape index (κ1) is 17.0. The average Bonchev–Trinajstić information content (AvgIpc) is 2.24. The monoisotopic (exact) mass is 241 g/mol. The van der Waals surface area contributed by atoms with Gasteiger partial charge in [-0.3, -0.25) is 0 Å². The molecule has 0 saturated heterocycles. The third-order valence-corrected chi connectivity index (χ3v) is 2.00. The summed E-state index contributed by atoms with van der Waals surface area (Å²) in [7, 11) is 0. The molecule has 0 aromatic rings. The minimum atomic E-state index is 0.194. The second-order valence-corrected chi connectivity index (χ2v) is 3.99. The Labute approximate surface area is 99.6 Å². The molecule has 0 atom stereocenters. The highest BCUT2D eigenvalue weighted by atomic mass is 35.5. The van der Waals surface area contributed by atoms with E-state index in [0.717, 1.165) is 13.1 Å². The first-order valence-corrected chi connectivity index (χ1v) is 6.72. The summed E-state index contributed by atoms with van der Waals surface area (Å²) in [4.78, 5) is 0. The van der Waals surface area contributed by atoms with Crippen LogP contribution in [0.3, 0.4) is 0 Å². The van der Waals surface area contributed by atoms with E-state index in [-0.39, 0.29) is 5.34 Å². The fourth-order valence-electron chi connectivity index (χ4n) is 1.31. The first-order chi connectivity index (χ1) is 6.83. The van der Waals surface area contributed by atoms with E-state index in [4.69, 9.17) is 23.2 Å². The summed E-state index contributed by atoms with van der Waals surface area (Å²) in [5.41, 5.74) is 0. The van der Waals surface area contributed by atoms with Gasteiger partial charge in [0.25, 0.3) is 0 Å². The zero-order valence-electron chi connectivity index (χ0n) is 9.62. The number of halogens is 2. The molecule has 3 heteroatoms. The van der Waals surface area contributed by atoms with Crippen LogP contribution < -0.4 is 5.32 Å². The molecule has 1 aliphatic rings. The Bertz CT molecular complexity index is 62.2. The van der Waals surface area contributed by atoms with Crippen LogP contribution in [0, 0.1) is 0 Å². The fourth-order valence-corrected chi connectivity index (χ4v) is 1.31. The molecule has 0 heterocycles. The molecule has 0 aliphatic heterocycles. The highest BCUT2D eigenvalue weighted by Gasteiger charge is 1.95. The van der Waals surface area contributed by atoms with Crippen LogP contribution in [0.25, 0.3) is 0 Å². The predicted octanol–water partition coefficient (Wildman–Crippen LogP) is 4.38. The largest absolute Gasteiger partial charge is 0.317 e. The van der Waals surface area contributed by atoms with E-state index in [1.165, 1.54) is 38.5 Å². The summed E-state index contributed by atoms with van der Waals surface area (Å²) in [5.74, 6) is 0. The topological polar surface area (TPSA) is 12.0 Å². The van der Waals surface area contributed by atoms with Crippen LogP contribution >= 0.6 is 23.2 Å². The third kappa shape index (κ3) is 22.9. The molecule has 88 valence electrons. The molecular formula is C11H25Cl2N. The first-order valence-electron chi connectivity index (χ1n) is 5.66. The molecule has 0 aromatic carbocycles. The van der Waals surface area contributed by atoms with Gasteiger partial charge in [0.05, 0.1) is 5.34 Å². The van der Waals surface area contributed by atoms with Crippen molar-refractivity contribution in [2.45, 2.75) is 52.4 Å². The average molecular weight is 242 g/mol. The van der Waals surface area contributed by atoms with Gasteiger partial charge in [-0.1, -0.05) is 52.4 Å². The molecule has 0 radical (unpaired) electrons. The Hall–Kier alpha value is 0.540. The Balaban J connectivity index is 0. The van der Waals surface area contributed by atoms with Crippen molar-refractivity contribution in [3.8, 4) is 0 Å². The standard InChI is InChI=1S/C6H12.C4H11N.CH2Cl2/c1-2-4-6-5-3-1;1-3-5-4-2;2-1-3/h1-6H2;5H,3-4H2,1-2H3;1H2. The normalized spacial score (nSPS) is 14.6. The van der Waals surface area contributed by atoms with Gasteiger partial charge in [0.2, 0.25) is 0 Å². The van der Waals surface area contributed by atoms with E-state index < -0.39 is 0 Å². The quantitative estimate of drug-likeness (QED) is 0.708. The maximum Gasteiger partial charge on any atom is 0.0967 e. The molecule has 1 nitrogen and oxygen atoms in total. The Kier molecular flexibility index (Phi) is 23.2. The Morgan fingerprint density at radius 1 is 0.786 bits per heavy atom. The van der Waals surface area contributed by atoms with Crippen LogP contribution in [0.1, 0.15) is 52.4 Å². The summed E-state index contributed by atoms with van der Waals surface area (Å²) in [6, 6.07) is 0. The Morgan fingerprint density at radius 3 is 1.07 bits per heavy atom. The van der Waals surface area contributed by atoms with E-state index in [9.17, 15) is 0 Å². The number of hydrogen-bond acceptors (Lipinski definition) is 1. The minimum Gasteiger partial charge on any atom is -0.317 e. The number of rotatable bonds is 2. The van der Waals surface area contributed by atoms with Gasteiger partial charge in [0.15, 0.2) is 0 Å². The lowest BCUT2D eigenvalue weighted by Crippen LogP contribution is -2.09. The molecular weight excluding hydrogens is 217 g/mol. The maximum atomic E-state index is 4.76. The van der Waals surface area contributed by atoms with Crippen molar-refractivity contribution in [3.05, 3.63) is 0 Å². The van der Waals surface area contributed by atoms with Crippen LogP contribution in [0.15, 0.2) is 0 Å². The summed E-state index contributed by atoms with van der Waals surface area (Å²) >= 11 is 9.53. The van der Waals surface area contributed by atoms with Crippen LogP contribution in [0.5, 0.6) is 0 Å². The van der Waals surface area contributed by atoms with Gasteiger partial charge in [-0.05, 0) is 13.1 Å². The lowest BCUT2D eigenvalue weighted by atomic mass is 10.0. The zero-order valence-corrected chi connectivity index (χ0v) is 11.1. The fraction of sp³-hybridized carbons (Fsp3) is 1.00. The summed E-state index contributed by atoms with van der Waals surface area (Å²) < 4.78 is 0. The van der Waals surface area contributed by atoms with Gasteiger partial charge in [0.1, 0.15) is 0 Å². The summed E-state index contributed by atoms with van der Waals surface area (Å²) in [6.07, 6.45) is 9.00. The van der Waals surface area contributed by atoms with Gasteiger partial charge in [-0.15, -0.1) is 23.2 Å². The van der Waals surface area contributed by atoms with E-state index in [2.05, 4.69) is 19.2 Å². The van der Waals surface area contributed by atoms with E-state index >= 15 is 0 Å². The van der Waals surface area contributed by atoms with Gasteiger partial charge < -0.3 is 5.32 Å². The van der Waals surface area contributed by atoms with E-state index in [1.807, 2.05) is 0 Å². The minimum absolute atomic E-state index is 0.194. The van der Waals surface area contributed by atoms with Crippen LogP contribution in [0.4, 0.5) is 0 Å². The highest BCUT2D eigenvalue weighted by Crippen LogP contribution is 2.15. The second kappa shape index (κ2) is 19.2. The van der Waals surface area contributed by atoms with Crippen LogP contribution in [-0.4, -0.2) is 18.4 Å². The van der Waals surface area contributed by atoms with Crippen molar-refractivity contribution in [2.75, 3.05) is 18.4 Å². The maximum absolute atomic E-state index is 4.76. The number of nitrogens with one attached hydrogen (secondary N) is 1. The van der Waals surface area contributed by atoms with Crippen molar-refractivity contribution in [3.63, 3.8) is 0 Å². The molecule has 1 aliphatic carbocycles. The van der Waals surface area contributed by atoms with E-state index in [0.29, 0.717) is 0 Å². The van der Waals surface area contributed by atoms with Crippen molar-refractivity contribution >= 4 is 23.2 Å². The van der Waals surface area contributed by atoms with Crippen molar-refractivity contribution in [2.24, 2.45) is 0 Å². The van der Waals surface area contributed by atoms with Crippen molar-refractivity contribution < 1.29 is 0 Å². The molecule has 0 aromatic heterocycles. The van der Waals surface area contributed by atoms with Crippen LogP contribution in [-0.2, 0) is 0 Å². The molecule has 0 amide bonds. The third-order valence-electron chi connectivity index (χ3n) is 2.00. The molecule has 0 unspecified atom stereocenters. The van der Waals surface area contributed by atoms with Gasteiger partial charge in [-0.25, -0.2) is 0 Å². The van der Waals surface area contributed by atoms with Gasteiger partial charge in [0, 0.05) is 0 Å². The SMILES string of the molecule is C1CCCCC1.CCNCC.ClCCl. The zero-order chi connectivity index (χ0) is 11.1. The lowest BCUT2D eigenvalue weighted by Gasteiger charge is -2.05. The highest BCUT2D eigenvalue weighted by molar-refractivity contribution is 6.40. The molecule has 1 rings (SSSR count). The molecule has 1 N–H and O–H groups in total. The number of alkyl halides is 2. The van der Waals surface area contributed by atoms with E-state index in [1.54, 1.807) is 0 Å². The summed E-state index contributed by atoms with van der Waals surface area (Å²) in [6.45, 7) is 6.39. The second-order valence-electron chi connectivity index (χ2n) is 3.18. The van der Waals surface area contributed by atoms with Crippen molar-refractivity contribution in [1.29, 1.82) is 0 Å². The summed E-state index contributed by atoms with van der Waals surface area (Å²) in [5, 5.41) is 3.31.